The molecule has 0 aliphatic carbocycles. The number of aromatic nitrogens is 1. The lowest BCUT2D eigenvalue weighted by molar-refractivity contribution is -0.123. The predicted octanol–water partition coefficient (Wildman–Crippen LogP) is 3.93. The predicted molar refractivity (Wildman–Crippen MR) is 106 cm³/mol. The molecule has 6 nitrogen and oxygen atoms in total. The summed E-state index contributed by atoms with van der Waals surface area (Å²) in [5.74, 6) is -1.29. The summed E-state index contributed by atoms with van der Waals surface area (Å²) in [6, 6.07) is 15.6. The van der Waals surface area contributed by atoms with E-state index < -0.39 is 18.0 Å². The van der Waals surface area contributed by atoms with Gasteiger partial charge in [-0.25, -0.2) is 4.79 Å². The molecule has 0 unspecified atom stereocenters. The van der Waals surface area contributed by atoms with Gasteiger partial charge in [-0.15, -0.1) is 0 Å². The van der Waals surface area contributed by atoms with Crippen molar-refractivity contribution in [3.63, 3.8) is 0 Å². The number of ketones is 1. The second kappa shape index (κ2) is 8.00. The summed E-state index contributed by atoms with van der Waals surface area (Å²) in [5, 5.41) is 3.31. The van der Waals surface area contributed by atoms with E-state index in [0.29, 0.717) is 33.4 Å². The van der Waals surface area contributed by atoms with E-state index in [2.05, 4.69) is 10.3 Å². The minimum Gasteiger partial charge on any atom is -0.449 e. The van der Waals surface area contributed by atoms with Crippen LogP contribution >= 0.6 is 0 Å². The van der Waals surface area contributed by atoms with E-state index in [4.69, 9.17) is 4.74 Å². The SMILES string of the molecule is CC(=O)c1ccccc1NC(=O)[C@@H](C)OC(=O)c1cc(C)nc2ccccc12. The number of carbonyl (C=O) groups is 3. The quantitative estimate of drug-likeness (QED) is 0.539. The molecule has 0 saturated carbocycles. The first-order valence-electron chi connectivity index (χ1n) is 8.85. The first-order chi connectivity index (χ1) is 13.4. The number of hydrogen-bond acceptors (Lipinski definition) is 5. The number of rotatable bonds is 5. The first kappa shape index (κ1) is 19.2. The number of benzene rings is 2. The van der Waals surface area contributed by atoms with Crippen molar-refractivity contribution in [3.8, 4) is 0 Å². The molecule has 1 N–H and O–H groups in total. The maximum absolute atomic E-state index is 12.7. The van der Waals surface area contributed by atoms with Crippen LogP contribution in [-0.2, 0) is 9.53 Å². The van der Waals surface area contributed by atoms with Crippen molar-refractivity contribution in [2.24, 2.45) is 0 Å². The molecule has 1 amide bonds. The number of aryl methyl sites for hydroxylation is 1. The van der Waals surface area contributed by atoms with Gasteiger partial charge in [0, 0.05) is 16.6 Å². The second-order valence-corrected chi connectivity index (χ2v) is 6.47. The highest BCUT2D eigenvalue weighted by Gasteiger charge is 2.22. The molecule has 0 radical (unpaired) electrons. The van der Waals surface area contributed by atoms with Gasteiger partial charge in [0.15, 0.2) is 11.9 Å². The molecule has 1 heterocycles. The third kappa shape index (κ3) is 4.06. The number of Topliss-reactive ketones (excluding diaryl/α,β-unsaturated/α-hetero) is 1. The summed E-state index contributed by atoms with van der Waals surface area (Å²) in [6.45, 7) is 4.70. The molecule has 3 rings (SSSR count). The minimum atomic E-state index is -1.04. The second-order valence-electron chi connectivity index (χ2n) is 6.47. The largest absolute Gasteiger partial charge is 0.449 e. The average Bonchev–Trinajstić information content (AvgIpc) is 2.67. The smallest absolute Gasteiger partial charge is 0.339 e. The number of amides is 1. The highest BCUT2D eigenvalue weighted by atomic mass is 16.5. The number of esters is 1. The maximum atomic E-state index is 12.7. The van der Waals surface area contributed by atoms with Crippen LogP contribution in [0.5, 0.6) is 0 Å². The molecule has 0 fully saturated rings. The van der Waals surface area contributed by atoms with Crippen molar-refractivity contribution in [2.45, 2.75) is 26.9 Å². The van der Waals surface area contributed by atoms with Gasteiger partial charge in [-0.1, -0.05) is 30.3 Å². The van der Waals surface area contributed by atoms with Gasteiger partial charge >= 0.3 is 5.97 Å². The van der Waals surface area contributed by atoms with Crippen LogP contribution in [0.2, 0.25) is 0 Å². The van der Waals surface area contributed by atoms with Crippen molar-refractivity contribution >= 4 is 34.3 Å². The lowest BCUT2D eigenvalue weighted by Gasteiger charge is -2.15. The Labute approximate surface area is 162 Å². The Morgan fingerprint density at radius 3 is 2.43 bits per heavy atom. The van der Waals surface area contributed by atoms with E-state index in [1.54, 1.807) is 43.3 Å². The summed E-state index contributed by atoms with van der Waals surface area (Å²) in [6.07, 6.45) is -1.04. The molecular weight excluding hydrogens is 356 g/mol. The van der Waals surface area contributed by atoms with Gasteiger partial charge in [0.1, 0.15) is 0 Å². The fourth-order valence-electron chi connectivity index (χ4n) is 2.89. The zero-order valence-corrected chi connectivity index (χ0v) is 15.9. The van der Waals surface area contributed by atoms with E-state index in [0.717, 1.165) is 0 Å². The molecule has 28 heavy (non-hydrogen) atoms. The third-order valence-corrected chi connectivity index (χ3v) is 4.28. The molecule has 0 aliphatic heterocycles. The van der Waals surface area contributed by atoms with E-state index in [1.165, 1.54) is 13.8 Å². The van der Waals surface area contributed by atoms with Crippen LogP contribution in [0.25, 0.3) is 10.9 Å². The Kier molecular flexibility index (Phi) is 5.49. The molecule has 1 atom stereocenters. The van der Waals surface area contributed by atoms with Crippen molar-refractivity contribution in [3.05, 3.63) is 71.4 Å². The monoisotopic (exact) mass is 376 g/mol. The van der Waals surface area contributed by atoms with E-state index in [1.807, 2.05) is 18.2 Å². The molecule has 142 valence electrons. The van der Waals surface area contributed by atoms with Crippen LogP contribution in [0.3, 0.4) is 0 Å². The zero-order valence-electron chi connectivity index (χ0n) is 15.9. The van der Waals surface area contributed by atoms with Gasteiger partial charge in [-0.05, 0) is 45.0 Å². The zero-order chi connectivity index (χ0) is 20.3. The van der Waals surface area contributed by atoms with Crippen LogP contribution in [0.15, 0.2) is 54.6 Å². The van der Waals surface area contributed by atoms with Crippen LogP contribution in [0, 0.1) is 6.92 Å². The maximum Gasteiger partial charge on any atom is 0.339 e. The topological polar surface area (TPSA) is 85.4 Å². The summed E-state index contributed by atoms with van der Waals surface area (Å²) >= 11 is 0. The number of para-hydroxylation sites is 2. The van der Waals surface area contributed by atoms with Crippen LogP contribution < -0.4 is 5.32 Å². The minimum absolute atomic E-state index is 0.167. The molecule has 0 spiro atoms. The summed E-state index contributed by atoms with van der Waals surface area (Å²) in [7, 11) is 0. The summed E-state index contributed by atoms with van der Waals surface area (Å²) < 4.78 is 5.37. The number of nitrogens with one attached hydrogen (secondary N) is 1. The number of carbonyl (C=O) groups excluding carboxylic acids is 3. The number of anilines is 1. The number of pyridine rings is 1. The van der Waals surface area contributed by atoms with Gasteiger partial charge in [0.2, 0.25) is 0 Å². The first-order valence-corrected chi connectivity index (χ1v) is 8.85. The molecule has 0 saturated heterocycles. The van der Waals surface area contributed by atoms with Crippen LogP contribution in [0.1, 0.15) is 40.3 Å². The van der Waals surface area contributed by atoms with Crippen molar-refractivity contribution in [1.29, 1.82) is 0 Å². The normalized spacial score (nSPS) is 11.7. The third-order valence-electron chi connectivity index (χ3n) is 4.28. The van der Waals surface area contributed by atoms with Gasteiger partial charge in [0.25, 0.3) is 5.91 Å². The summed E-state index contributed by atoms with van der Waals surface area (Å²) in [4.78, 5) is 41.2. The molecule has 6 heteroatoms. The molecule has 0 bridgehead atoms. The Bertz CT molecular complexity index is 1080. The molecular formula is C22H20N2O4. The lowest BCUT2D eigenvalue weighted by atomic mass is 10.1. The number of ether oxygens (including phenoxy) is 1. The van der Waals surface area contributed by atoms with Gasteiger partial charge in [-0.3, -0.25) is 14.6 Å². The highest BCUT2D eigenvalue weighted by molar-refractivity contribution is 6.07. The Hall–Kier alpha value is -3.54. The molecule has 3 aromatic rings. The lowest BCUT2D eigenvalue weighted by Crippen LogP contribution is -2.30. The molecule has 0 aliphatic rings. The van der Waals surface area contributed by atoms with Gasteiger partial charge in [0.05, 0.1) is 16.8 Å². The fourth-order valence-corrected chi connectivity index (χ4v) is 2.89. The van der Waals surface area contributed by atoms with Gasteiger partial charge < -0.3 is 10.1 Å². The fraction of sp³-hybridized carbons (Fsp3) is 0.182. The van der Waals surface area contributed by atoms with Crippen molar-refractivity contribution in [2.75, 3.05) is 5.32 Å². The average molecular weight is 376 g/mol. The van der Waals surface area contributed by atoms with Crippen LogP contribution in [-0.4, -0.2) is 28.7 Å². The number of fused-ring (bicyclic) bond motifs is 1. The van der Waals surface area contributed by atoms with Crippen LogP contribution in [0.4, 0.5) is 5.69 Å². The number of nitrogens with zero attached hydrogens (tertiary/aromatic N) is 1. The highest BCUT2D eigenvalue weighted by Crippen LogP contribution is 2.20. The van der Waals surface area contributed by atoms with Crippen molar-refractivity contribution in [1.82, 2.24) is 4.98 Å². The Morgan fingerprint density at radius 1 is 1.00 bits per heavy atom. The van der Waals surface area contributed by atoms with Crippen molar-refractivity contribution < 1.29 is 19.1 Å². The molecule has 2 aromatic carbocycles. The van der Waals surface area contributed by atoms with E-state index in [-0.39, 0.29) is 5.78 Å². The van der Waals surface area contributed by atoms with E-state index >= 15 is 0 Å². The standard InChI is InChI=1S/C22H20N2O4/c1-13-12-18(17-9-5-7-11-20(17)23-13)22(27)28-15(3)21(26)24-19-10-6-4-8-16(19)14(2)25/h4-12,15H,1-3H3,(H,24,26)/t15-/m1/s1. The molecule has 1 aromatic heterocycles. The number of hydrogen-bond donors (Lipinski definition) is 1. The van der Waals surface area contributed by atoms with E-state index in [9.17, 15) is 14.4 Å². The van der Waals surface area contributed by atoms with Gasteiger partial charge in [-0.2, -0.15) is 0 Å². The Balaban J connectivity index is 1.78. The Morgan fingerprint density at radius 2 is 1.68 bits per heavy atom. The summed E-state index contributed by atoms with van der Waals surface area (Å²) in [5.41, 5.74) is 2.49.